The molecule has 0 aliphatic heterocycles. The molecule has 39 heavy (non-hydrogen) atoms. The first-order chi connectivity index (χ1) is 18.4. The van der Waals surface area contributed by atoms with E-state index in [0.29, 0.717) is 11.3 Å². The third-order valence-electron chi connectivity index (χ3n) is 8.23. The number of aryl methyl sites for hydroxylation is 1. The van der Waals surface area contributed by atoms with Crippen LogP contribution in [0, 0.1) is 24.0 Å². The van der Waals surface area contributed by atoms with Gasteiger partial charge in [0.2, 0.25) is 16.0 Å². The Morgan fingerprint density at radius 1 is 1.00 bits per heavy atom. The highest BCUT2D eigenvalue weighted by Crippen LogP contribution is 2.69. The summed E-state index contributed by atoms with van der Waals surface area (Å²) in [7, 11) is -3.50. The van der Waals surface area contributed by atoms with Crippen LogP contribution in [-0.2, 0) is 15.4 Å². The number of aromatic nitrogens is 5. The molecule has 3 heterocycles. The van der Waals surface area contributed by atoms with Crippen molar-refractivity contribution in [3.8, 4) is 22.5 Å². The minimum Gasteiger partial charge on any atom is -0.252 e. The van der Waals surface area contributed by atoms with Gasteiger partial charge in [-0.15, -0.1) is 5.10 Å². The molecule has 200 valence electrons. The van der Waals surface area contributed by atoms with Crippen LogP contribution in [0.25, 0.3) is 22.5 Å². The van der Waals surface area contributed by atoms with Crippen LogP contribution in [-0.4, -0.2) is 39.8 Å². The summed E-state index contributed by atoms with van der Waals surface area (Å²) in [5, 5.41) is 8.91. The minimum atomic E-state index is -3.50. The molecule has 2 aliphatic carbocycles. The van der Waals surface area contributed by atoms with Crippen molar-refractivity contribution < 1.29 is 17.2 Å². The molecule has 0 unspecified atom stereocenters. The summed E-state index contributed by atoms with van der Waals surface area (Å²) in [6, 6.07) is 9.53. The van der Waals surface area contributed by atoms with Crippen molar-refractivity contribution in [3.05, 3.63) is 82.9 Å². The first-order valence-electron chi connectivity index (χ1n) is 12.5. The fourth-order valence-electron chi connectivity index (χ4n) is 6.47. The second-order valence-corrected chi connectivity index (χ2v) is 12.7. The van der Waals surface area contributed by atoms with Gasteiger partial charge >= 0.3 is 0 Å². The minimum absolute atomic E-state index is 0.0189. The highest BCUT2D eigenvalue weighted by atomic mass is 32.2. The van der Waals surface area contributed by atoms with E-state index in [4.69, 9.17) is 4.98 Å². The second kappa shape index (κ2) is 8.57. The number of anilines is 1. The smallest absolute Gasteiger partial charge is 0.236 e. The van der Waals surface area contributed by atoms with Crippen LogP contribution < -0.4 is 4.72 Å². The van der Waals surface area contributed by atoms with Gasteiger partial charge in [0.25, 0.3) is 0 Å². The van der Waals surface area contributed by atoms with Crippen LogP contribution >= 0.6 is 0 Å². The average Bonchev–Trinajstić information content (AvgIpc) is 3.24. The maximum atomic E-state index is 14.6. The summed E-state index contributed by atoms with van der Waals surface area (Å²) in [6.07, 6.45) is 5.79. The zero-order chi connectivity index (χ0) is 27.7. The zero-order valence-electron chi connectivity index (χ0n) is 21.8. The molecule has 0 saturated heterocycles. The molecule has 11 heteroatoms. The Morgan fingerprint density at radius 2 is 1.69 bits per heavy atom. The van der Waals surface area contributed by atoms with Gasteiger partial charge in [-0.1, -0.05) is 19.9 Å². The third kappa shape index (κ3) is 3.90. The molecule has 1 aromatic carbocycles. The first kappa shape index (κ1) is 25.4. The van der Waals surface area contributed by atoms with E-state index in [0.717, 1.165) is 41.6 Å². The summed E-state index contributed by atoms with van der Waals surface area (Å²) in [4.78, 5) is 13.3. The number of hydrogen-bond acceptors (Lipinski definition) is 7. The third-order valence-corrected chi connectivity index (χ3v) is 8.79. The number of nitrogens with one attached hydrogen (secondary N) is 1. The molecule has 4 aromatic rings. The monoisotopic (exact) mass is 548 g/mol. The molecule has 1 saturated carbocycles. The maximum absolute atomic E-state index is 14.6. The fraction of sp³-hybridized carbons (Fsp3) is 0.321. The van der Waals surface area contributed by atoms with Gasteiger partial charge < -0.3 is 0 Å². The Labute approximate surface area is 225 Å². The van der Waals surface area contributed by atoms with E-state index >= 15 is 0 Å². The molecular weight excluding hydrogens is 522 g/mol. The van der Waals surface area contributed by atoms with E-state index in [1.165, 1.54) is 30.6 Å². The van der Waals surface area contributed by atoms with Crippen LogP contribution in [0.15, 0.2) is 48.8 Å². The summed E-state index contributed by atoms with van der Waals surface area (Å²) in [5.74, 6) is -1.25. The molecule has 0 amide bonds. The lowest BCUT2D eigenvalue weighted by molar-refractivity contribution is 0.243. The fourth-order valence-corrected chi connectivity index (χ4v) is 6.91. The number of pyridine rings is 1. The highest BCUT2D eigenvalue weighted by molar-refractivity contribution is 7.91. The number of rotatable bonds is 5. The van der Waals surface area contributed by atoms with Gasteiger partial charge in [-0.2, -0.15) is 5.10 Å². The molecular formula is C28H26F2N6O2S. The number of hydrogen-bond donors (Lipinski definition) is 1. The molecule has 2 aliphatic rings. The molecule has 2 atom stereocenters. The van der Waals surface area contributed by atoms with Crippen molar-refractivity contribution >= 4 is 16.0 Å². The topological polar surface area (TPSA) is 111 Å². The first-order valence-corrected chi connectivity index (χ1v) is 14.4. The van der Waals surface area contributed by atoms with E-state index < -0.39 is 27.1 Å². The van der Waals surface area contributed by atoms with Crippen molar-refractivity contribution in [2.45, 2.75) is 44.9 Å². The van der Waals surface area contributed by atoms with E-state index in [-0.39, 0.29) is 28.5 Å². The Hall–Kier alpha value is -3.86. The molecule has 6 rings (SSSR count). The molecule has 8 nitrogen and oxygen atoms in total. The Kier molecular flexibility index (Phi) is 5.59. The summed E-state index contributed by atoms with van der Waals surface area (Å²) in [5.41, 5.74) is 4.01. The lowest BCUT2D eigenvalue weighted by atomic mass is 9.66. The molecule has 0 radical (unpaired) electrons. The maximum Gasteiger partial charge on any atom is 0.236 e. The van der Waals surface area contributed by atoms with Crippen LogP contribution in [0.4, 0.5) is 14.7 Å². The van der Waals surface area contributed by atoms with Crippen LogP contribution in [0.1, 0.15) is 55.1 Å². The Balaban J connectivity index is 1.46. The molecule has 1 N–H and O–H groups in total. The van der Waals surface area contributed by atoms with Gasteiger partial charge in [-0.3, -0.25) is 9.71 Å². The standard InChI is InChI=1S/C28H26F2N6O2S/c1-15-10-21(16-13-31-26(32-14-16)36-39(4,37)38)33-23(11-15)28-9-8-18(27(28,2)3)17-12-22(34-35-25(17)28)24-19(29)6-5-7-20(24)30/h5-7,10-14,18H,8-9H2,1-4H3,(H,31,32,36)/t18-,28-/m0/s1. The lowest BCUT2D eigenvalue weighted by Crippen LogP contribution is -2.38. The number of benzene rings is 1. The normalized spacial score (nSPS) is 21.1. The summed E-state index contributed by atoms with van der Waals surface area (Å²) in [6.45, 7) is 6.36. The molecule has 0 spiro atoms. The quantitative estimate of drug-likeness (QED) is 0.367. The molecule has 2 bridgehead atoms. The largest absolute Gasteiger partial charge is 0.252 e. The van der Waals surface area contributed by atoms with E-state index in [2.05, 4.69) is 44.8 Å². The number of fused-ring (bicyclic) bond motifs is 5. The number of halogens is 2. The van der Waals surface area contributed by atoms with Crippen molar-refractivity contribution in [3.63, 3.8) is 0 Å². The van der Waals surface area contributed by atoms with E-state index in [1.807, 2.05) is 13.0 Å². The highest BCUT2D eigenvalue weighted by Gasteiger charge is 2.65. The number of sulfonamides is 1. The lowest BCUT2D eigenvalue weighted by Gasteiger charge is -2.37. The van der Waals surface area contributed by atoms with Crippen LogP contribution in [0.2, 0.25) is 0 Å². The van der Waals surface area contributed by atoms with Crippen LogP contribution in [0.5, 0.6) is 0 Å². The van der Waals surface area contributed by atoms with Crippen molar-refractivity contribution in [1.82, 2.24) is 25.1 Å². The van der Waals surface area contributed by atoms with Gasteiger partial charge in [0.1, 0.15) is 11.6 Å². The van der Waals surface area contributed by atoms with Gasteiger partial charge in [-0.05, 0) is 72.6 Å². The molecule has 1 fully saturated rings. The van der Waals surface area contributed by atoms with Crippen molar-refractivity contribution in [2.75, 3.05) is 11.0 Å². The van der Waals surface area contributed by atoms with E-state index in [1.54, 1.807) is 6.07 Å². The van der Waals surface area contributed by atoms with Crippen molar-refractivity contribution in [1.29, 1.82) is 0 Å². The predicted octanol–water partition coefficient (Wildman–Crippen LogP) is 5.16. The second-order valence-electron chi connectivity index (χ2n) is 10.9. The van der Waals surface area contributed by atoms with Gasteiger partial charge in [-0.25, -0.2) is 27.2 Å². The summed E-state index contributed by atoms with van der Waals surface area (Å²) < 4.78 is 54.4. The Morgan fingerprint density at radius 3 is 2.36 bits per heavy atom. The zero-order valence-corrected chi connectivity index (χ0v) is 22.6. The van der Waals surface area contributed by atoms with Crippen molar-refractivity contribution in [2.24, 2.45) is 5.41 Å². The number of nitrogens with zero attached hydrogens (tertiary/aromatic N) is 5. The summed E-state index contributed by atoms with van der Waals surface area (Å²) >= 11 is 0. The van der Waals surface area contributed by atoms with Gasteiger partial charge in [0.05, 0.1) is 40.0 Å². The SMILES string of the molecule is Cc1cc(-c2cnc(NS(C)(=O)=O)nc2)nc([C@@]23CC[C@@H](c4cc(-c5c(F)cccc5F)nnc42)C3(C)C)c1. The predicted molar refractivity (Wildman–Crippen MR) is 142 cm³/mol. The molecule has 3 aromatic heterocycles. The van der Waals surface area contributed by atoms with Gasteiger partial charge in [0.15, 0.2) is 0 Å². The van der Waals surface area contributed by atoms with Crippen LogP contribution in [0.3, 0.4) is 0 Å². The van der Waals surface area contributed by atoms with E-state index in [9.17, 15) is 17.2 Å². The van der Waals surface area contributed by atoms with Gasteiger partial charge in [0, 0.05) is 18.0 Å². The average molecular weight is 549 g/mol. The Bertz CT molecular complexity index is 1720.